The quantitative estimate of drug-likeness (QED) is 0.419. The summed E-state index contributed by atoms with van der Waals surface area (Å²) in [4.78, 5) is 4.26. The summed E-state index contributed by atoms with van der Waals surface area (Å²) < 4.78 is 41.2. The molecule has 110 valence electrons. The fourth-order valence-corrected chi connectivity index (χ4v) is 3.08. The van der Waals surface area contributed by atoms with E-state index in [0.717, 1.165) is 16.3 Å². The highest BCUT2D eigenvalue weighted by Crippen LogP contribution is 2.37. The van der Waals surface area contributed by atoms with E-state index in [-0.39, 0.29) is 0 Å². The molecular weight excluding hydrogens is 289 g/mol. The van der Waals surface area contributed by atoms with Crippen LogP contribution in [-0.4, -0.2) is 9.38 Å². The monoisotopic (exact) mass is 300 g/mol. The molecule has 4 aromatic rings. The Bertz CT molecular complexity index is 1030. The van der Waals surface area contributed by atoms with E-state index < -0.39 is 11.7 Å². The van der Waals surface area contributed by atoms with Crippen LogP contribution < -0.4 is 0 Å². The van der Waals surface area contributed by atoms with Crippen LogP contribution in [0.3, 0.4) is 0 Å². The van der Waals surface area contributed by atoms with Crippen molar-refractivity contribution in [3.05, 3.63) is 59.9 Å². The van der Waals surface area contributed by atoms with Crippen LogP contribution in [0.1, 0.15) is 11.1 Å². The van der Waals surface area contributed by atoms with Gasteiger partial charge in [0.1, 0.15) is 5.65 Å². The second-order valence-corrected chi connectivity index (χ2v) is 5.35. The Morgan fingerprint density at radius 2 is 1.82 bits per heavy atom. The maximum absolute atomic E-state index is 13.1. The fourth-order valence-electron chi connectivity index (χ4n) is 3.08. The van der Waals surface area contributed by atoms with Crippen LogP contribution in [0.5, 0.6) is 0 Å². The normalized spacial score (nSPS) is 12.5. The van der Waals surface area contributed by atoms with Gasteiger partial charge in [0.25, 0.3) is 0 Å². The molecule has 0 fully saturated rings. The van der Waals surface area contributed by atoms with E-state index in [1.165, 1.54) is 12.1 Å². The number of rotatable bonds is 0. The standard InChI is InChI=1S/C17H11F3N2/c1-10-8-11(17(18,19)20)9-13-15(10)12-4-2-3-5-14(12)22-7-6-21-16(13)22/h2-9H,1H3. The molecule has 0 aliphatic heterocycles. The minimum atomic E-state index is -4.37. The smallest absolute Gasteiger partial charge is 0.299 e. The average molecular weight is 300 g/mol. The Morgan fingerprint density at radius 1 is 1.05 bits per heavy atom. The van der Waals surface area contributed by atoms with Crippen molar-refractivity contribution in [1.29, 1.82) is 0 Å². The van der Waals surface area contributed by atoms with Gasteiger partial charge in [-0.1, -0.05) is 18.2 Å². The lowest BCUT2D eigenvalue weighted by Crippen LogP contribution is -2.06. The summed E-state index contributed by atoms with van der Waals surface area (Å²) in [7, 11) is 0. The van der Waals surface area contributed by atoms with Crippen molar-refractivity contribution in [2.24, 2.45) is 0 Å². The van der Waals surface area contributed by atoms with E-state index in [1.54, 1.807) is 19.3 Å². The summed E-state index contributed by atoms with van der Waals surface area (Å²) in [6, 6.07) is 10.1. The number of imidazole rings is 1. The molecule has 0 aliphatic carbocycles. The molecule has 0 atom stereocenters. The first-order chi connectivity index (χ1) is 10.5. The van der Waals surface area contributed by atoms with Gasteiger partial charge in [0, 0.05) is 23.2 Å². The Kier molecular flexibility index (Phi) is 2.52. The van der Waals surface area contributed by atoms with Crippen molar-refractivity contribution in [3.8, 4) is 0 Å². The summed E-state index contributed by atoms with van der Waals surface area (Å²) in [5.41, 5.74) is 1.44. The molecule has 0 aliphatic rings. The summed E-state index contributed by atoms with van der Waals surface area (Å²) >= 11 is 0. The van der Waals surface area contributed by atoms with Crippen LogP contribution in [0.4, 0.5) is 13.2 Å². The first-order valence-electron chi connectivity index (χ1n) is 6.82. The number of fused-ring (bicyclic) bond motifs is 6. The molecule has 0 amide bonds. The summed E-state index contributed by atoms with van der Waals surface area (Å²) in [5, 5.41) is 2.27. The third-order valence-electron chi connectivity index (χ3n) is 3.98. The van der Waals surface area contributed by atoms with E-state index in [1.807, 2.05) is 28.7 Å². The van der Waals surface area contributed by atoms with Crippen LogP contribution in [0.15, 0.2) is 48.8 Å². The molecular formula is C17H11F3N2. The van der Waals surface area contributed by atoms with Gasteiger partial charge in [-0.25, -0.2) is 4.98 Å². The Hall–Kier alpha value is -2.56. The molecule has 0 N–H and O–H groups in total. The summed E-state index contributed by atoms with van der Waals surface area (Å²) in [6.07, 6.45) is -0.988. The third-order valence-corrected chi connectivity index (χ3v) is 3.98. The van der Waals surface area contributed by atoms with Crippen molar-refractivity contribution in [2.75, 3.05) is 0 Å². The SMILES string of the molecule is Cc1cc(C(F)(F)F)cc2c1c1ccccc1n1ccnc21. The van der Waals surface area contributed by atoms with Crippen molar-refractivity contribution in [2.45, 2.75) is 13.1 Å². The molecule has 2 aromatic carbocycles. The highest BCUT2D eigenvalue weighted by atomic mass is 19.4. The number of benzene rings is 2. The van der Waals surface area contributed by atoms with Gasteiger partial charge in [-0.15, -0.1) is 0 Å². The molecule has 2 heterocycles. The summed E-state index contributed by atoms with van der Waals surface area (Å²) in [6.45, 7) is 1.71. The number of pyridine rings is 1. The van der Waals surface area contributed by atoms with Gasteiger partial charge < -0.3 is 0 Å². The van der Waals surface area contributed by atoms with Crippen LogP contribution >= 0.6 is 0 Å². The predicted octanol–water partition coefficient (Wildman–Crippen LogP) is 4.97. The molecule has 0 bridgehead atoms. The van der Waals surface area contributed by atoms with Gasteiger partial charge in [0.2, 0.25) is 0 Å². The number of halogens is 3. The topological polar surface area (TPSA) is 17.3 Å². The van der Waals surface area contributed by atoms with Gasteiger partial charge in [-0.3, -0.25) is 4.40 Å². The second kappa shape index (κ2) is 4.22. The van der Waals surface area contributed by atoms with Gasteiger partial charge in [0.05, 0.1) is 11.1 Å². The Balaban J connectivity index is 2.31. The Labute approximate surface area is 123 Å². The predicted molar refractivity (Wildman–Crippen MR) is 79.9 cm³/mol. The lowest BCUT2D eigenvalue weighted by molar-refractivity contribution is -0.137. The number of aromatic nitrogens is 2. The number of alkyl halides is 3. The van der Waals surface area contributed by atoms with Crippen molar-refractivity contribution in [3.63, 3.8) is 0 Å². The lowest BCUT2D eigenvalue weighted by atomic mass is 9.98. The van der Waals surface area contributed by atoms with Crippen molar-refractivity contribution >= 4 is 27.3 Å². The second-order valence-electron chi connectivity index (χ2n) is 5.35. The van der Waals surface area contributed by atoms with E-state index in [0.29, 0.717) is 16.6 Å². The average Bonchev–Trinajstić information content (AvgIpc) is 2.95. The van der Waals surface area contributed by atoms with E-state index >= 15 is 0 Å². The lowest BCUT2D eigenvalue weighted by Gasteiger charge is -2.14. The highest BCUT2D eigenvalue weighted by Gasteiger charge is 2.31. The number of hydrogen-bond donors (Lipinski definition) is 0. The number of hydrogen-bond acceptors (Lipinski definition) is 1. The molecule has 2 nitrogen and oxygen atoms in total. The van der Waals surface area contributed by atoms with Crippen LogP contribution in [-0.2, 0) is 6.18 Å². The summed E-state index contributed by atoms with van der Waals surface area (Å²) in [5.74, 6) is 0. The van der Waals surface area contributed by atoms with E-state index in [9.17, 15) is 13.2 Å². The maximum atomic E-state index is 13.1. The molecule has 0 unspecified atom stereocenters. The molecule has 4 rings (SSSR count). The number of aryl methyl sites for hydroxylation is 1. The fraction of sp³-hybridized carbons (Fsp3) is 0.118. The molecule has 22 heavy (non-hydrogen) atoms. The van der Waals surface area contributed by atoms with Crippen molar-refractivity contribution < 1.29 is 13.2 Å². The van der Waals surface area contributed by atoms with Crippen molar-refractivity contribution in [1.82, 2.24) is 9.38 Å². The van der Waals surface area contributed by atoms with E-state index in [2.05, 4.69) is 4.98 Å². The van der Waals surface area contributed by atoms with Crippen LogP contribution in [0.2, 0.25) is 0 Å². The van der Waals surface area contributed by atoms with Gasteiger partial charge in [-0.05, 0) is 36.1 Å². The van der Waals surface area contributed by atoms with Gasteiger partial charge >= 0.3 is 6.18 Å². The van der Waals surface area contributed by atoms with Crippen LogP contribution in [0, 0.1) is 6.92 Å². The molecule has 0 radical (unpaired) electrons. The molecule has 5 heteroatoms. The molecule has 0 spiro atoms. The highest BCUT2D eigenvalue weighted by molar-refractivity contribution is 6.13. The molecule has 0 saturated heterocycles. The number of nitrogens with zero attached hydrogens (tertiary/aromatic N) is 2. The first-order valence-corrected chi connectivity index (χ1v) is 6.82. The zero-order valence-corrected chi connectivity index (χ0v) is 11.6. The molecule has 2 aromatic heterocycles. The number of para-hydroxylation sites is 1. The minimum Gasteiger partial charge on any atom is -0.299 e. The minimum absolute atomic E-state index is 0.524. The van der Waals surface area contributed by atoms with Gasteiger partial charge in [-0.2, -0.15) is 13.2 Å². The van der Waals surface area contributed by atoms with E-state index in [4.69, 9.17) is 0 Å². The zero-order valence-electron chi connectivity index (χ0n) is 11.6. The van der Waals surface area contributed by atoms with Gasteiger partial charge in [0.15, 0.2) is 0 Å². The Morgan fingerprint density at radius 3 is 2.59 bits per heavy atom. The largest absolute Gasteiger partial charge is 0.416 e. The molecule has 0 saturated carbocycles. The third kappa shape index (κ3) is 1.71. The maximum Gasteiger partial charge on any atom is 0.416 e. The zero-order chi connectivity index (χ0) is 15.5. The van der Waals surface area contributed by atoms with Crippen LogP contribution in [0.25, 0.3) is 27.3 Å². The first kappa shape index (κ1) is 13.1.